The van der Waals surface area contributed by atoms with Crippen LogP contribution in [0.3, 0.4) is 0 Å². The molecule has 1 fully saturated rings. The van der Waals surface area contributed by atoms with Crippen molar-refractivity contribution in [1.82, 2.24) is 35.1 Å². The van der Waals surface area contributed by atoms with Crippen LogP contribution in [-0.4, -0.2) is 55.3 Å². The number of nitrogens with one attached hydrogen (secondary N) is 1. The van der Waals surface area contributed by atoms with Gasteiger partial charge in [0.1, 0.15) is 5.82 Å². The van der Waals surface area contributed by atoms with E-state index >= 15 is 0 Å². The molecule has 0 saturated carbocycles. The van der Waals surface area contributed by atoms with Gasteiger partial charge in [-0.1, -0.05) is 20.8 Å². The summed E-state index contributed by atoms with van der Waals surface area (Å²) < 4.78 is 1.83. The van der Waals surface area contributed by atoms with Crippen LogP contribution in [0.5, 0.6) is 0 Å². The molecule has 0 unspecified atom stereocenters. The van der Waals surface area contributed by atoms with Gasteiger partial charge in [0.15, 0.2) is 11.5 Å². The first-order valence-electron chi connectivity index (χ1n) is 10.4. The third-order valence-electron chi connectivity index (χ3n) is 5.48. The van der Waals surface area contributed by atoms with Crippen LogP contribution < -0.4 is 10.2 Å². The van der Waals surface area contributed by atoms with Crippen molar-refractivity contribution in [3.63, 3.8) is 0 Å². The Balaban J connectivity index is 1.20. The zero-order chi connectivity index (χ0) is 21.6. The van der Waals surface area contributed by atoms with Gasteiger partial charge < -0.3 is 10.2 Å². The molecule has 3 aromatic heterocycles. The molecule has 9 heteroatoms. The Morgan fingerprint density at radius 2 is 1.84 bits per heavy atom. The van der Waals surface area contributed by atoms with E-state index in [9.17, 15) is 4.79 Å². The molecule has 0 radical (unpaired) electrons. The molecule has 1 aromatic carbocycles. The third-order valence-corrected chi connectivity index (χ3v) is 5.48. The van der Waals surface area contributed by atoms with Crippen molar-refractivity contribution in [2.24, 2.45) is 5.92 Å². The summed E-state index contributed by atoms with van der Waals surface area (Å²) in [5.41, 5.74) is 2.70. The number of hydrogen-bond acceptors (Lipinski definition) is 7. The number of aromatic nitrogens is 6. The van der Waals surface area contributed by atoms with Crippen LogP contribution in [0.1, 0.15) is 37.0 Å². The van der Waals surface area contributed by atoms with Gasteiger partial charge in [-0.25, -0.2) is 0 Å². The van der Waals surface area contributed by atoms with Gasteiger partial charge >= 0.3 is 0 Å². The van der Waals surface area contributed by atoms with Gasteiger partial charge in [0, 0.05) is 48.9 Å². The zero-order valence-electron chi connectivity index (χ0n) is 17.8. The lowest BCUT2D eigenvalue weighted by Gasteiger charge is -2.40. The molecule has 0 aliphatic carbocycles. The molecule has 1 amide bonds. The van der Waals surface area contributed by atoms with Crippen molar-refractivity contribution in [2.45, 2.75) is 26.2 Å². The Morgan fingerprint density at radius 3 is 2.61 bits per heavy atom. The fraction of sp³-hybridized carbons (Fsp3) is 0.364. The normalized spacial score (nSPS) is 14.7. The second-order valence-corrected chi connectivity index (χ2v) is 8.98. The van der Waals surface area contributed by atoms with E-state index in [-0.39, 0.29) is 11.3 Å². The number of amides is 1. The van der Waals surface area contributed by atoms with Crippen LogP contribution in [0.25, 0.3) is 16.7 Å². The molecule has 1 aliphatic rings. The molecule has 9 nitrogen and oxygen atoms in total. The third kappa shape index (κ3) is 3.67. The lowest BCUT2D eigenvalue weighted by Crippen LogP contribution is -2.52. The minimum atomic E-state index is -0.138. The lowest BCUT2D eigenvalue weighted by atomic mass is 9.96. The fourth-order valence-corrected chi connectivity index (χ4v) is 3.75. The maximum atomic E-state index is 12.5. The van der Waals surface area contributed by atoms with Gasteiger partial charge in [0.25, 0.3) is 5.91 Å². The predicted molar refractivity (Wildman–Crippen MR) is 117 cm³/mol. The number of rotatable bonds is 4. The average Bonchev–Trinajstić information content (AvgIpc) is 3.16. The predicted octanol–water partition coefficient (Wildman–Crippen LogP) is 2.23. The van der Waals surface area contributed by atoms with E-state index in [1.54, 1.807) is 24.5 Å². The highest BCUT2D eigenvalue weighted by Gasteiger charge is 2.29. The monoisotopic (exact) mass is 416 g/mol. The van der Waals surface area contributed by atoms with E-state index in [0.717, 1.165) is 41.4 Å². The van der Waals surface area contributed by atoms with Crippen molar-refractivity contribution >= 4 is 28.4 Å². The second kappa shape index (κ2) is 7.26. The van der Waals surface area contributed by atoms with E-state index in [4.69, 9.17) is 5.10 Å². The average molecular weight is 416 g/mol. The summed E-state index contributed by atoms with van der Waals surface area (Å²) in [6.07, 6.45) is 3.27. The molecule has 158 valence electrons. The van der Waals surface area contributed by atoms with Gasteiger partial charge in [-0.15, -0.1) is 15.3 Å². The number of carbonyl (C=O) groups is 1. The molecular weight excluding hydrogens is 392 g/mol. The highest BCUT2D eigenvalue weighted by atomic mass is 16.1. The Hall–Kier alpha value is -3.62. The smallest absolute Gasteiger partial charge is 0.251 e. The first-order chi connectivity index (χ1) is 14.9. The molecule has 0 bridgehead atoms. The molecule has 1 saturated heterocycles. The first kappa shape index (κ1) is 19.3. The minimum Gasteiger partial charge on any atom is -0.354 e. The SMILES string of the molecule is CC(C)(C)c1nnc2ccc(N3CC(CNC(=O)c4ccc5nccnc5c4)C3)nn12. The quantitative estimate of drug-likeness (QED) is 0.544. The highest BCUT2D eigenvalue weighted by molar-refractivity contribution is 5.97. The number of fused-ring (bicyclic) bond motifs is 2. The van der Waals surface area contributed by atoms with Gasteiger partial charge in [-0.05, 0) is 30.3 Å². The van der Waals surface area contributed by atoms with Gasteiger partial charge in [-0.2, -0.15) is 4.52 Å². The number of benzene rings is 1. The van der Waals surface area contributed by atoms with Gasteiger partial charge in [-0.3, -0.25) is 14.8 Å². The van der Waals surface area contributed by atoms with Crippen LogP contribution in [-0.2, 0) is 5.41 Å². The van der Waals surface area contributed by atoms with Crippen LogP contribution in [0.15, 0.2) is 42.7 Å². The summed E-state index contributed by atoms with van der Waals surface area (Å²) in [6.45, 7) is 8.60. The van der Waals surface area contributed by atoms with Crippen LogP contribution >= 0.6 is 0 Å². The van der Waals surface area contributed by atoms with E-state index < -0.39 is 0 Å². The summed E-state index contributed by atoms with van der Waals surface area (Å²) in [7, 11) is 0. The van der Waals surface area contributed by atoms with Crippen molar-refractivity contribution in [2.75, 3.05) is 24.5 Å². The first-order valence-corrected chi connectivity index (χ1v) is 10.4. The van der Waals surface area contributed by atoms with E-state index in [1.807, 2.05) is 22.7 Å². The summed E-state index contributed by atoms with van der Waals surface area (Å²) in [5.74, 6) is 2.02. The van der Waals surface area contributed by atoms with Gasteiger partial charge in [0.05, 0.1) is 11.0 Å². The van der Waals surface area contributed by atoms with Crippen molar-refractivity contribution in [3.05, 3.63) is 54.1 Å². The van der Waals surface area contributed by atoms with Crippen molar-refractivity contribution in [1.29, 1.82) is 0 Å². The fourth-order valence-electron chi connectivity index (χ4n) is 3.75. The standard InChI is InChI=1S/C22H24N8O/c1-22(2,3)21-27-26-18-6-7-19(28-30(18)21)29-12-14(13-29)11-25-20(31)15-4-5-16-17(10-15)24-9-8-23-16/h4-10,14H,11-13H2,1-3H3,(H,25,31). The minimum absolute atomic E-state index is 0.0927. The van der Waals surface area contributed by atoms with Crippen LogP contribution in [0, 0.1) is 5.92 Å². The number of carbonyl (C=O) groups excluding carboxylic acids is 1. The Labute approximate surface area is 179 Å². The maximum Gasteiger partial charge on any atom is 0.251 e. The lowest BCUT2D eigenvalue weighted by molar-refractivity contribution is 0.0944. The van der Waals surface area contributed by atoms with E-state index in [1.165, 1.54) is 0 Å². The number of anilines is 1. The Kier molecular flexibility index (Phi) is 4.53. The van der Waals surface area contributed by atoms with E-state index in [0.29, 0.717) is 18.0 Å². The molecule has 4 aromatic rings. The summed E-state index contributed by atoms with van der Waals surface area (Å²) in [4.78, 5) is 23.2. The maximum absolute atomic E-state index is 12.5. The van der Waals surface area contributed by atoms with Crippen molar-refractivity contribution < 1.29 is 4.79 Å². The molecule has 1 N–H and O–H groups in total. The Morgan fingerprint density at radius 1 is 1.06 bits per heavy atom. The Bertz CT molecular complexity index is 1270. The number of hydrogen-bond donors (Lipinski definition) is 1. The summed E-state index contributed by atoms with van der Waals surface area (Å²) >= 11 is 0. The summed E-state index contributed by atoms with van der Waals surface area (Å²) in [6, 6.07) is 9.30. The molecular formula is C22H24N8O. The second-order valence-electron chi connectivity index (χ2n) is 8.98. The molecule has 1 aliphatic heterocycles. The largest absolute Gasteiger partial charge is 0.354 e. The van der Waals surface area contributed by atoms with Crippen molar-refractivity contribution in [3.8, 4) is 0 Å². The zero-order valence-corrected chi connectivity index (χ0v) is 17.8. The van der Waals surface area contributed by atoms with Crippen LogP contribution in [0.2, 0.25) is 0 Å². The highest BCUT2D eigenvalue weighted by Crippen LogP contribution is 2.25. The number of nitrogens with zero attached hydrogens (tertiary/aromatic N) is 7. The van der Waals surface area contributed by atoms with Gasteiger partial charge in [0.2, 0.25) is 0 Å². The van der Waals surface area contributed by atoms with E-state index in [2.05, 4.69) is 51.2 Å². The molecule has 31 heavy (non-hydrogen) atoms. The topological polar surface area (TPSA) is 101 Å². The molecule has 4 heterocycles. The van der Waals surface area contributed by atoms with Crippen LogP contribution in [0.4, 0.5) is 5.82 Å². The molecule has 0 atom stereocenters. The molecule has 0 spiro atoms. The molecule has 5 rings (SSSR count). The summed E-state index contributed by atoms with van der Waals surface area (Å²) in [5, 5.41) is 16.3.